The number of ether oxygens (including phenoxy) is 3. The van der Waals surface area contributed by atoms with Crippen LogP contribution in [-0.2, 0) is 14.2 Å². The van der Waals surface area contributed by atoms with Crippen LogP contribution >= 0.6 is 0 Å². The summed E-state index contributed by atoms with van der Waals surface area (Å²) in [6.07, 6.45) is -10.2. The molecule has 11 heteroatoms. The van der Waals surface area contributed by atoms with Crippen LogP contribution in [0.25, 0.3) is 0 Å². The lowest BCUT2D eigenvalue weighted by atomic mass is 9.99. The van der Waals surface area contributed by atoms with E-state index in [1.54, 1.807) is 6.92 Å². The van der Waals surface area contributed by atoms with Crippen molar-refractivity contribution in [1.29, 1.82) is 0 Å². The van der Waals surface area contributed by atoms with Crippen LogP contribution in [0.4, 0.5) is 0 Å². The zero-order valence-corrected chi connectivity index (χ0v) is 14.9. The Hall–Kier alpha value is -0.440. The van der Waals surface area contributed by atoms with Crippen molar-refractivity contribution in [2.45, 2.75) is 75.5 Å². The predicted molar refractivity (Wildman–Crippen MR) is 86.6 cm³/mol. The van der Waals surface area contributed by atoms with Crippen LogP contribution in [0.3, 0.4) is 0 Å². The van der Waals surface area contributed by atoms with E-state index in [2.05, 4.69) is 5.32 Å². The summed E-state index contributed by atoms with van der Waals surface area (Å²) in [5.41, 5.74) is 0. The van der Waals surface area contributed by atoms with Gasteiger partial charge in [-0.15, -0.1) is 0 Å². The molecule has 156 valence electrons. The van der Waals surface area contributed by atoms with E-state index in [-0.39, 0.29) is 19.8 Å². The van der Waals surface area contributed by atoms with Gasteiger partial charge in [0.05, 0.1) is 31.5 Å². The molecular weight excluding hydrogens is 354 g/mol. The van der Waals surface area contributed by atoms with Gasteiger partial charge < -0.3 is 50.0 Å². The van der Waals surface area contributed by atoms with Gasteiger partial charge in [-0.3, -0.25) is 5.32 Å². The highest BCUT2D eigenvalue weighted by atomic mass is 16.7. The first-order valence-corrected chi connectivity index (χ1v) is 8.54. The molecule has 0 aromatic heterocycles. The van der Waals surface area contributed by atoms with Gasteiger partial charge in [-0.25, -0.2) is 0 Å². The lowest BCUT2D eigenvalue weighted by Gasteiger charge is -2.40. The van der Waals surface area contributed by atoms with E-state index in [0.29, 0.717) is 0 Å². The van der Waals surface area contributed by atoms with E-state index in [4.69, 9.17) is 24.4 Å². The summed E-state index contributed by atoms with van der Waals surface area (Å²) in [5, 5.41) is 70.5. The van der Waals surface area contributed by atoms with E-state index in [1.165, 1.54) is 6.92 Å². The van der Waals surface area contributed by atoms with Crippen molar-refractivity contribution in [1.82, 2.24) is 5.32 Å². The fraction of sp³-hybridized carbons (Fsp3) is 1.00. The molecule has 0 saturated carbocycles. The lowest BCUT2D eigenvalue weighted by Crippen LogP contribution is -2.60. The number of nitrogens with one attached hydrogen (secondary N) is 1. The Morgan fingerprint density at radius 2 is 1.73 bits per heavy atom. The third-order valence-electron chi connectivity index (χ3n) is 4.18. The second kappa shape index (κ2) is 11.4. The van der Waals surface area contributed by atoms with Crippen molar-refractivity contribution in [2.24, 2.45) is 0 Å². The van der Waals surface area contributed by atoms with Crippen molar-refractivity contribution < 1.29 is 50.0 Å². The van der Waals surface area contributed by atoms with Gasteiger partial charge in [-0.2, -0.15) is 0 Å². The number of hydrogen-bond donors (Lipinski definition) is 8. The van der Waals surface area contributed by atoms with Crippen molar-refractivity contribution in [3.8, 4) is 0 Å². The van der Waals surface area contributed by atoms with Crippen LogP contribution in [0.5, 0.6) is 0 Å². The van der Waals surface area contributed by atoms with Gasteiger partial charge in [0.2, 0.25) is 0 Å². The summed E-state index contributed by atoms with van der Waals surface area (Å²) in [4.78, 5) is 0. The fourth-order valence-corrected chi connectivity index (χ4v) is 2.47. The van der Waals surface area contributed by atoms with E-state index < -0.39 is 61.9 Å². The van der Waals surface area contributed by atoms with Gasteiger partial charge in [0.15, 0.2) is 12.6 Å². The molecule has 0 aromatic carbocycles. The average Bonchev–Trinajstić information content (AvgIpc) is 2.62. The third-order valence-corrected chi connectivity index (χ3v) is 4.18. The van der Waals surface area contributed by atoms with Gasteiger partial charge >= 0.3 is 0 Å². The van der Waals surface area contributed by atoms with Crippen molar-refractivity contribution in [3.63, 3.8) is 0 Å². The topological polar surface area (TPSA) is 181 Å². The second-order valence-electron chi connectivity index (χ2n) is 6.22. The largest absolute Gasteiger partial charge is 0.394 e. The summed E-state index contributed by atoms with van der Waals surface area (Å²) in [7, 11) is 0. The second-order valence-corrected chi connectivity index (χ2v) is 6.22. The molecule has 9 atom stereocenters. The first-order valence-electron chi connectivity index (χ1n) is 8.54. The summed E-state index contributed by atoms with van der Waals surface area (Å²) in [6.45, 7) is 2.08. The molecule has 1 aliphatic heterocycles. The van der Waals surface area contributed by atoms with Gasteiger partial charge in [-0.1, -0.05) is 6.92 Å². The third kappa shape index (κ3) is 6.62. The number of aliphatic hydroxyl groups is 7. The first-order chi connectivity index (χ1) is 12.2. The molecule has 11 nitrogen and oxygen atoms in total. The monoisotopic (exact) mass is 385 g/mol. The molecule has 1 saturated heterocycles. The lowest BCUT2D eigenvalue weighted by molar-refractivity contribution is -0.303. The molecule has 0 bridgehead atoms. The van der Waals surface area contributed by atoms with Crippen LogP contribution in [0.15, 0.2) is 0 Å². The Morgan fingerprint density at radius 1 is 1.08 bits per heavy atom. The summed E-state index contributed by atoms with van der Waals surface area (Å²) >= 11 is 0. The maximum absolute atomic E-state index is 10.2. The van der Waals surface area contributed by atoms with Crippen LogP contribution in [-0.4, -0.2) is 111 Å². The number of hydrogen-bond acceptors (Lipinski definition) is 11. The van der Waals surface area contributed by atoms with Crippen LogP contribution < -0.4 is 5.32 Å². The minimum atomic E-state index is -1.58. The highest BCUT2D eigenvalue weighted by molar-refractivity contribution is 4.89. The molecular formula is C15H31NO10. The maximum atomic E-state index is 10.2. The first kappa shape index (κ1) is 23.6. The molecule has 26 heavy (non-hydrogen) atoms. The quantitative estimate of drug-likeness (QED) is 0.163. The standard InChI is InChI=1S/C15H31NO10/c1-3-9(19)11(20)8(16-6-25-7(2)18)5-24-15-14(23)13(22)12(21)10(4-17)26-15/h7-23H,3-6H2,1-2H3/t7?,8?,9?,10?,11?,12-,13?,14?,15-/m0/s1. The van der Waals surface area contributed by atoms with E-state index >= 15 is 0 Å². The molecule has 1 rings (SSSR count). The SMILES string of the molecule is CCC(O)C(O)C(CO[C@H]1OC(CO)[C@H](O)C(O)C1O)NCOC(C)O. The van der Waals surface area contributed by atoms with Crippen molar-refractivity contribution in [2.75, 3.05) is 19.9 Å². The van der Waals surface area contributed by atoms with E-state index in [0.717, 1.165) is 0 Å². The molecule has 7 unspecified atom stereocenters. The number of aliphatic hydroxyl groups excluding tert-OH is 7. The van der Waals surface area contributed by atoms with Crippen LogP contribution in [0.2, 0.25) is 0 Å². The highest BCUT2D eigenvalue weighted by Gasteiger charge is 2.44. The normalized spacial score (nSPS) is 34.3. The Bertz CT molecular complexity index is 385. The minimum Gasteiger partial charge on any atom is -0.394 e. The molecule has 0 aromatic rings. The zero-order valence-electron chi connectivity index (χ0n) is 14.9. The van der Waals surface area contributed by atoms with E-state index in [9.17, 15) is 25.5 Å². The van der Waals surface area contributed by atoms with E-state index in [1.807, 2.05) is 0 Å². The smallest absolute Gasteiger partial charge is 0.186 e. The molecule has 0 aliphatic carbocycles. The average molecular weight is 385 g/mol. The van der Waals surface area contributed by atoms with Crippen LogP contribution in [0, 0.1) is 0 Å². The molecule has 1 aliphatic rings. The van der Waals surface area contributed by atoms with Crippen molar-refractivity contribution >= 4 is 0 Å². The highest BCUT2D eigenvalue weighted by Crippen LogP contribution is 2.22. The molecule has 1 heterocycles. The van der Waals surface area contributed by atoms with Gasteiger partial charge in [-0.05, 0) is 13.3 Å². The summed E-state index contributed by atoms with van der Waals surface area (Å²) < 4.78 is 15.5. The van der Waals surface area contributed by atoms with Gasteiger partial charge in [0.25, 0.3) is 0 Å². The number of rotatable bonds is 11. The molecule has 0 amide bonds. The van der Waals surface area contributed by atoms with Crippen LogP contribution in [0.1, 0.15) is 20.3 Å². The molecule has 0 radical (unpaired) electrons. The van der Waals surface area contributed by atoms with Gasteiger partial charge in [0, 0.05) is 0 Å². The Balaban J connectivity index is 2.68. The Labute approximate surface area is 151 Å². The fourth-order valence-electron chi connectivity index (χ4n) is 2.47. The molecule has 8 N–H and O–H groups in total. The Kier molecular flexibility index (Phi) is 10.4. The minimum absolute atomic E-state index is 0.145. The summed E-state index contributed by atoms with van der Waals surface area (Å²) in [6, 6.07) is -0.851. The van der Waals surface area contributed by atoms with Gasteiger partial charge in [0.1, 0.15) is 31.1 Å². The molecule has 1 fully saturated rings. The zero-order chi connectivity index (χ0) is 19.9. The maximum Gasteiger partial charge on any atom is 0.186 e. The van der Waals surface area contributed by atoms with Crippen molar-refractivity contribution in [3.05, 3.63) is 0 Å². The predicted octanol–water partition coefficient (Wildman–Crippen LogP) is -3.79. The Morgan fingerprint density at radius 3 is 2.27 bits per heavy atom. The molecule has 0 spiro atoms. The summed E-state index contributed by atoms with van der Waals surface area (Å²) in [5.74, 6) is 0.